The van der Waals surface area contributed by atoms with Crippen molar-refractivity contribution in [2.45, 2.75) is 38.7 Å². The fourth-order valence-electron chi connectivity index (χ4n) is 7.97. The Kier molecular flexibility index (Phi) is 19.6. The molecule has 24 nitrogen and oxygen atoms in total. The van der Waals surface area contributed by atoms with E-state index in [0.717, 1.165) is 12.2 Å². The molecule has 2 fully saturated rings. The van der Waals surface area contributed by atoms with E-state index in [9.17, 15) is 45.5 Å². The molecule has 0 radical (unpaired) electrons. The normalized spacial score (nSPS) is 13.5. The second-order valence-electron chi connectivity index (χ2n) is 19.6. The standard InChI is InChI=1S/C28H32F3N9O4.C26H28F3N9O2/c1-6-21(41)34-17-8-7-9-18(14-17)35-22-19(28(29,30)31)15-32-24(37-22)36-20-16-33-25(38-23(20)43-5)39-10-12-40(13-11-39)26(42)44-27(2,3)4;1-4-22(39)32-17-6-5-7-18(14-17)33-23-20(26(27,28)29)16-31-24(35-23)34-19-8-9-21(30-15-19)37-10-12-38(13-11-37)25(40)36(2)3/h6-9,14-16H,1,10-13H2,2-5H3,(H,34,41)(H2,32,35,36,37);4-9,14-16H,1,10-13H2,2-3H3,(H,32,39)(H2,31,33,34,35). The summed E-state index contributed by atoms with van der Waals surface area (Å²) in [5.41, 5.74) is -0.854. The van der Waals surface area contributed by atoms with E-state index in [-0.39, 0.29) is 40.9 Å². The molecule has 6 aromatic rings. The fraction of sp³-hybridized carbons (Fsp3) is 0.315. The van der Waals surface area contributed by atoms with E-state index < -0.39 is 58.6 Å². The van der Waals surface area contributed by atoms with Gasteiger partial charge in [-0.05, 0) is 81.5 Å². The number of benzene rings is 2. The predicted molar refractivity (Wildman–Crippen MR) is 303 cm³/mol. The molecule has 0 saturated carbocycles. The number of piperazine rings is 2. The third kappa shape index (κ3) is 17.0. The summed E-state index contributed by atoms with van der Waals surface area (Å²) in [7, 11) is 4.81. The van der Waals surface area contributed by atoms with E-state index in [1.807, 2.05) is 9.80 Å². The Labute approximate surface area is 478 Å². The molecule has 0 unspecified atom stereocenters. The number of aromatic nitrogens is 7. The van der Waals surface area contributed by atoms with Crippen molar-refractivity contribution in [3.8, 4) is 5.88 Å². The van der Waals surface area contributed by atoms with E-state index in [1.165, 1.54) is 43.8 Å². The smallest absolute Gasteiger partial charge is 0.421 e. The number of alkyl halides is 6. The summed E-state index contributed by atoms with van der Waals surface area (Å²) in [6.07, 6.45) is -3.43. The molecule has 2 aliphatic rings. The van der Waals surface area contributed by atoms with Crippen LogP contribution in [0, 0.1) is 0 Å². The minimum Gasteiger partial charge on any atom is -0.479 e. The van der Waals surface area contributed by atoms with Crippen LogP contribution in [0.15, 0.2) is 111 Å². The van der Waals surface area contributed by atoms with E-state index in [2.05, 4.69) is 79.9 Å². The van der Waals surface area contributed by atoms with Crippen molar-refractivity contribution in [1.29, 1.82) is 0 Å². The average molecular weight is 1170 g/mol. The number of nitrogens with zero attached hydrogens (tertiary/aromatic N) is 12. The Morgan fingerprint density at radius 3 is 1.55 bits per heavy atom. The van der Waals surface area contributed by atoms with Crippen molar-refractivity contribution in [2.24, 2.45) is 0 Å². The van der Waals surface area contributed by atoms with Crippen LogP contribution in [0.2, 0.25) is 0 Å². The Morgan fingerprint density at radius 1 is 0.583 bits per heavy atom. The number of ether oxygens (including phenoxy) is 2. The zero-order valence-corrected chi connectivity index (χ0v) is 46.4. The first-order valence-electron chi connectivity index (χ1n) is 25.6. The van der Waals surface area contributed by atoms with Gasteiger partial charge < -0.3 is 65.9 Å². The lowest BCUT2D eigenvalue weighted by molar-refractivity contribution is -0.138. The predicted octanol–water partition coefficient (Wildman–Crippen LogP) is 9.27. The molecule has 0 atom stereocenters. The first kappa shape index (κ1) is 61.6. The lowest BCUT2D eigenvalue weighted by Gasteiger charge is -2.36. The van der Waals surface area contributed by atoms with Gasteiger partial charge in [-0.15, -0.1) is 0 Å². The minimum absolute atomic E-state index is 0.0373. The highest BCUT2D eigenvalue weighted by Crippen LogP contribution is 2.38. The zero-order chi connectivity index (χ0) is 60.9. The monoisotopic (exact) mass is 1170 g/mol. The van der Waals surface area contributed by atoms with Gasteiger partial charge in [-0.25, -0.2) is 29.5 Å². The third-order valence-electron chi connectivity index (χ3n) is 12.0. The second kappa shape index (κ2) is 26.7. The Hall–Kier alpha value is -10.0. The summed E-state index contributed by atoms with van der Waals surface area (Å²) >= 11 is 0. The van der Waals surface area contributed by atoms with E-state index in [1.54, 1.807) is 86.0 Å². The van der Waals surface area contributed by atoms with E-state index >= 15 is 0 Å². The SMILES string of the molecule is C=CC(=O)Nc1cccc(Nc2nc(Nc3ccc(N4CCN(C(=O)N(C)C)CC4)nc3)ncc2C(F)(F)F)c1.C=CC(=O)Nc1cccc(Nc2nc(Nc3cnc(N4CCN(C(=O)OC(C)(C)C)CC4)nc3OC)ncc2C(F)(F)F)c1. The summed E-state index contributed by atoms with van der Waals surface area (Å²) < 4.78 is 93.3. The molecule has 444 valence electrons. The summed E-state index contributed by atoms with van der Waals surface area (Å²) in [5.74, 6) is -1.02. The van der Waals surface area contributed by atoms with Crippen molar-refractivity contribution < 1.29 is 55.0 Å². The molecule has 6 N–H and O–H groups in total. The van der Waals surface area contributed by atoms with Crippen LogP contribution in [0.4, 0.5) is 105 Å². The van der Waals surface area contributed by atoms with Crippen LogP contribution >= 0.6 is 0 Å². The van der Waals surface area contributed by atoms with Crippen molar-refractivity contribution in [3.05, 3.63) is 122 Å². The number of rotatable bonds is 15. The van der Waals surface area contributed by atoms with Gasteiger partial charge in [0.25, 0.3) is 0 Å². The molecule has 8 rings (SSSR count). The quantitative estimate of drug-likeness (QED) is 0.0413. The van der Waals surface area contributed by atoms with Crippen LogP contribution in [0.5, 0.6) is 5.88 Å². The summed E-state index contributed by atoms with van der Waals surface area (Å²) in [6.45, 7) is 16.2. The van der Waals surface area contributed by atoms with Gasteiger partial charge in [0.1, 0.15) is 39.9 Å². The highest BCUT2D eigenvalue weighted by Gasteiger charge is 2.37. The van der Waals surface area contributed by atoms with Crippen LogP contribution in [0.25, 0.3) is 0 Å². The van der Waals surface area contributed by atoms with Crippen LogP contribution < -0.4 is 46.4 Å². The number of urea groups is 1. The lowest BCUT2D eigenvalue weighted by Crippen LogP contribution is -2.51. The highest BCUT2D eigenvalue weighted by molar-refractivity contribution is 5.99. The van der Waals surface area contributed by atoms with E-state index in [0.29, 0.717) is 93.6 Å². The number of carbonyl (C=O) groups is 4. The van der Waals surface area contributed by atoms with Crippen molar-refractivity contribution in [1.82, 2.24) is 49.6 Å². The minimum atomic E-state index is -4.76. The third-order valence-corrected chi connectivity index (χ3v) is 12.0. The van der Waals surface area contributed by atoms with Crippen LogP contribution in [-0.4, -0.2) is 153 Å². The highest BCUT2D eigenvalue weighted by atomic mass is 19.4. The van der Waals surface area contributed by atoms with Crippen LogP contribution in [0.3, 0.4) is 0 Å². The molecule has 2 saturated heterocycles. The van der Waals surface area contributed by atoms with E-state index in [4.69, 9.17) is 9.47 Å². The molecule has 5 amide bonds. The Balaban J connectivity index is 0.000000242. The second-order valence-corrected chi connectivity index (χ2v) is 19.6. The maximum atomic E-state index is 13.8. The largest absolute Gasteiger partial charge is 0.479 e. The number of nitrogens with one attached hydrogen (secondary N) is 6. The molecule has 6 heterocycles. The Bertz CT molecular complexity index is 3330. The van der Waals surface area contributed by atoms with Crippen LogP contribution in [-0.2, 0) is 26.7 Å². The summed E-state index contributed by atoms with van der Waals surface area (Å²) in [5, 5.41) is 16.1. The number of amides is 5. The van der Waals surface area contributed by atoms with Crippen molar-refractivity contribution in [2.75, 3.05) is 115 Å². The molecular formula is C54H60F6N18O6. The number of halogens is 6. The molecule has 4 aromatic heterocycles. The van der Waals surface area contributed by atoms with Gasteiger partial charge in [-0.3, -0.25) is 9.59 Å². The molecule has 0 bridgehead atoms. The summed E-state index contributed by atoms with van der Waals surface area (Å²) in [6, 6.07) is 15.7. The number of anilines is 12. The number of methoxy groups -OCH3 is 1. The number of hydrogen-bond acceptors (Lipinski definition) is 19. The summed E-state index contributed by atoms with van der Waals surface area (Å²) in [4.78, 5) is 85.6. The lowest BCUT2D eigenvalue weighted by atomic mass is 10.2. The number of carbonyl (C=O) groups excluding carboxylic acids is 4. The zero-order valence-electron chi connectivity index (χ0n) is 46.4. The molecule has 0 aliphatic carbocycles. The van der Waals surface area contributed by atoms with Gasteiger partial charge in [0, 0.05) is 102 Å². The number of pyridine rings is 1. The van der Waals surface area contributed by atoms with Gasteiger partial charge in [0.2, 0.25) is 35.5 Å². The molecule has 30 heteroatoms. The average Bonchev–Trinajstić information content (AvgIpc) is 3.41. The van der Waals surface area contributed by atoms with Gasteiger partial charge >= 0.3 is 24.5 Å². The van der Waals surface area contributed by atoms with Gasteiger partial charge in [0.15, 0.2) is 0 Å². The number of hydrogen-bond donors (Lipinski definition) is 6. The molecule has 84 heavy (non-hydrogen) atoms. The Morgan fingerprint density at radius 2 is 1.08 bits per heavy atom. The first-order valence-corrected chi connectivity index (χ1v) is 25.6. The molecule has 0 spiro atoms. The van der Waals surface area contributed by atoms with Crippen molar-refractivity contribution in [3.63, 3.8) is 0 Å². The topological polar surface area (TPSA) is 265 Å². The van der Waals surface area contributed by atoms with Crippen LogP contribution in [0.1, 0.15) is 31.9 Å². The maximum Gasteiger partial charge on any atom is 0.421 e. The van der Waals surface area contributed by atoms with Crippen molar-refractivity contribution >= 4 is 93.4 Å². The van der Waals surface area contributed by atoms with Gasteiger partial charge in [-0.2, -0.15) is 41.3 Å². The maximum absolute atomic E-state index is 13.8. The van der Waals surface area contributed by atoms with Gasteiger partial charge in [-0.1, -0.05) is 25.3 Å². The molecular weight excluding hydrogens is 1110 g/mol. The van der Waals surface area contributed by atoms with Gasteiger partial charge in [0.05, 0.1) is 25.2 Å². The first-order chi connectivity index (χ1) is 39.8. The molecule has 2 aliphatic heterocycles. The molecule has 2 aromatic carbocycles. The fourth-order valence-corrected chi connectivity index (χ4v) is 7.97.